The van der Waals surface area contributed by atoms with Gasteiger partial charge in [-0.1, -0.05) is 37.3 Å². The number of carbonyl (C=O) groups is 2. The summed E-state index contributed by atoms with van der Waals surface area (Å²) in [5.74, 6) is -1.07. The van der Waals surface area contributed by atoms with E-state index >= 15 is 0 Å². The van der Waals surface area contributed by atoms with Gasteiger partial charge in [0, 0.05) is 23.7 Å². The molecule has 1 N–H and O–H groups in total. The molecule has 0 radical (unpaired) electrons. The minimum atomic E-state index is -0.984. The highest BCUT2D eigenvalue weighted by Gasteiger charge is 2.25. The first-order valence-corrected chi connectivity index (χ1v) is 9.13. The Morgan fingerprint density at radius 1 is 1.11 bits per heavy atom. The maximum atomic E-state index is 12.6. The summed E-state index contributed by atoms with van der Waals surface area (Å²) < 4.78 is 16.2. The largest absolute Gasteiger partial charge is 0.449 e. The fourth-order valence-electron chi connectivity index (χ4n) is 2.89. The van der Waals surface area contributed by atoms with E-state index in [9.17, 15) is 9.59 Å². The molecule has 0 aliphatic rings. The van der Waals surface area contributed by atoms with Gasteiger partial charge in [-0.05, 0) is 37.1 Å². The second-order valence-electron chi connectivity index (χ2n) is 6.43. The third-order valence-corrected chi connectivity index (χ3v) is 4.46. The number of carbonyl (C=O) groups excluding carboxylic acids is 2. The molecule has 3 rings (SSSR count). The Kier molecular flexibility index (Phi) is 6.11. The molecule has 1 atom stereocenters. The van der Waals surface area contributed by atoms with Gasteiger partial charge in [-0.15, -0.1) is 0 Å². The van der Waals surface area contributed by atoms with Crippen LogP contribution in [0.2, 0.25) is 0 Å². The first kappa shape index (κ1) is 19.6. The van der Waals surface area contributed by atoms with Crippen LogP contribution in [-0.2, 0) is 27.3 Å². The molecule has 1 aromatic heterocycles. The zero-order valence-electron chi connectivity index (χ0n) is 16.2. The molecule has 0 aliphatic carbocycles. The van der Waals surface area contributed by atoms with Crippen molar-refractivity contribution in [1.82, 2.24) is 0 Å². The summed E-state index contributed by atoms with van der Waals surface area (Å²) in [6, 6.07) is 14.8. The van der Waals surface area contributed by atoms with Gasteiger partial charge in [0.1, 0.15) is 5.58 Å². The highest BCUT2D eigenvalue weighted by molar-refractivity contribution is 5.99. The normalized spacial score (nSPS) is 12.0. The van der Waals surface area contributed by atoms with Gasteiger partial charge in [0.2, 0.25) is 5.76 Å². The van der Waals surface area contributed by atoms with E-state index in [0.717, 1.165) is 11.8 Å². The lowest BCUT2D eigenvalue weighted by molar-refractivity contribution is -0.123. The van der Waals surface area contributed by atoms with Crippen LogP contribution in [0.4, 0.5) is 5.69 Å². The molecule has 0 spiro atoms. The van der Waals surface area contributed by atoms with Crippen LogP contribution in [0.1, 0.15) is 35.5 Å². The van der Waals surface area contributed by atoms with Crippen molar-refractivity contribution >= 4 is 28.5 Å². The molecule has 28 heavy (non-hydrogen) atoms. The highest BCUT2D eigenvalue weighted by Crippen LogP contribution is 2.27. The summed E-state index contributed by atoms with van der Waals surface area (Å²) in [4.78, 5) is 25.0. The van der Waals surface area contributed by atoms with E-state index in [4.69, 9.17) is 13.9 Å². The van der Waals surface area contributed by atoms with E-state index in [-0.39, 0.29) is 12.4 Å². The van der Waals surface area contributed by atoms with Crippen molar-refractivity contribution < 1.29 is 23.5 Å². The molecule has 1 amide bonds. The predicted octanol–water partition coefficient (Wildman–Crippen LogP) is 4.33. The highest BCUT2D eigenvalue weighted by atomic mass is 16.6. The Balaban J connectivity index is 1.72. The number of rotatable bonds is 7. The molecule has 6 heteroatoms. The monoisotopic (exact) mass is 381 g/mol. The number of hydrogen-bond donors (Lipinski definition) is 1. The number of ether oxygens (including phenoxy) is 2. The van der Waals surface area contributed by atoms with Gasteiger partial charge in [-0.3, -0.25) is 4.79 Å². The average Bonchev–Trinajstić information content (AvgIpc) is 3.07. The Morgan fingerprint density at radius 2 is 1.82 bits per heavy atom. The van der Waals surface area contributed by atoms with Gasteiger partial charge >= 0.3 is 5.97 Å². The van der Waals surface area contributed by atoms with E-state index in [1.165, 1.54) is 19.6 Å². The van der Waals surface area contributed by atoms with Crippen LogP contribution in [0.3, 0.4) is 0 Å². The number of aryl methyl sites for hydroxylation is 1. The zero-order chi connectivity index (χ0) is 20.1. The summed E-state index contributed by atoms with van der Waals surface area (Å²) in [6.07, 6.45) is -0.0641. The summed E-state index contributed by atoms with van der Waals surface area (Å²) in [5.41, 5.74) is 2.99. The lowest BCUT2D eigenvalue weighted by atomic mass is 10.1. The van der Waals surface area contributed by atoms with Crippen LogP contribution in [0.5, 0.6) is 0 Å². The molecule has 0 aliphatic heterocycles. The number of para-hydroxylation sites is 1. The van der Waals surface area contributed by atoms with Gasteiger partial charge in [0.25, 0.3) is 5.91 Å². The number of benzene rings is 2. The van der Waals surface area contributed by atoms with Crippen molar-refractivity contribution in [3.8, 4) is 0 Å². The van der Waals surface area contributed by atoms with Crippen molar-refractivity contribution in [3.05, 3.63) is 65.4 Å². The van der Waals surface area contributed by atoms with Crippen LogP contribution < -0.4 is 5.32 Å². The maximum absolute atomic E-state index is 12.6. The number of esters is 1. The molecular weight excluding hydrogens is 358 g/mol. The van der Waals surface area contributed by atoms with Gasteiger partial charge in [-0.25, -0.2) is 4.79 Å². The molecule has 0 saturated carbocycles. The summed E-state index contributed by atoms with van der Waals surface area (Å²) in [5, 5.41) is 3.53. The van der Waals surface area contributed by atoms with Crippen molar-refractivity contribution in [2.45, 2.75) is 33.0 Å². The fraction of sp³-hybridized carbons (Fsp3) is 0.273. The molecule has 146 valence electrons. The van der Waals surface area contributed by atoms with Crippen LogP contribution >= 0.6 is 0 Å². The van der Waals surface area contributed by atoms with Crippen molar-refractivity contribution in [3.63, 3.8) is 0 Å². The van der Waals surface area contributed by atoms with E-state index in [1.807, 2.05) is 42.5 Å². The zero-order valence-corrected chi connectivity index (χ0v) is 16.2. The lowest BCUT2D eigenvalue weighted by Crippen LogP contribution is -2.30. The summed E-state index contributed by atoms with van der Waals surface area (Å²) >= 11 is 0. The van der Waals surface area contributed by atoms with E-state index < -0.39 is 18.0 Å². The Labute approximate surface area is 163 Å². The number of hydrogen-bond acceptors (Lipinski definition) is 5. The first-order valence-electron chi connectivity index (χ1n) is 9.13. The van der Waals surface area contributed by atoms with Crippen molar-refractivity contribution in [2.75, 3.05) is 12.4 Å². The molecule has 6 nitrogen and oxygen atoms in total. The second-order valence-corrected chi connectivity index (χ2v) is 6.43. The standard InChI is InChI=1S/C22H23NO5/c1-4-15-9-11-16(12-10-15)23-21(24)14(2)27-22(25)20-18(13-26-3)17-7-5-6-8-19(17)28-20/h5-12,14H,4,13H2,1-3H3,(H,23,24)/t14-/m1/s1. The van der Waals surface area contributed by atoms with Crippen molar-refractivity contribution in [1.29, 1.82) is 0 Å². The number of anilines is 1. The smallest absolute Gasteiger partial charge is 0.375 e. The number of amides is 1. The van der Waals surface area contributed by atoms with E-state index in [2.05, 4.69) is 12.2 Å². The number of nitrogens with one attached hydrogen (secondary N) is 1. The van der Waals surface area contributed by atoms with Crippen molar-refractivity contribution in [2.24, 2.45) is 0 Å². The van der Waals surface area contributed by atoms with E-state index in [1.54, 1.807) is 6.07 Å². The van der Waals surface area contributed by atoms with Gasteiger partial charge in [-0.2, -0.15) is 0 Å². The third kappa shape index (κ3) is 4.23. The van der Waals surface area contributed by atoms with Crippen LogP contribution in [-0.4, -0.2) is 25.1 Å². The Bertz CT molecular complexity index is 974. The number of fused-ring (bicyclic) bond motifs is 1. The summed E-state index contributed by atoms with van der Waals surface area (Å²) in [6.45, 7) is 3.78. The average molecular weight is 381 g/mol. The summed E-state index contributed by atoms with van der Waals surface area (Å²) in [7, 11) is 1.54. The lowest BCUT2D eigenvalue weighted by Gasteiger charge is -2.13. The topological polar surface area (TPSA) is 77.8 Å². The minimum absolute atomic E-state index is 0.0509. The predicted molar refractivity (Wildman–Crippen MR) is 106 cm³/mol. The second kappa shape index (κ2) is 8.71. The molecule has 2 aromatic carbocycles. The van der Waals surface area contributed by atoms with E-state index in [0.29, 0.717) is 16.8 Å². The Hall–Kier alpha value is -3.12. The van der Waals surface area contributed by atoms with Gasteiger partial charge < -0.3 is 19.2 Å². The molecule has 0 unspecified atom stereocenters. The fourth-order valence-corrected chi connectivity index (χ4v) is 2.89. The van der Waals surface area contributed by atoms with Crippen LogP contribution in [0.15, 0.2) is 52.9 Å². The molecule has 0 bridgehead atoms. The molecule has 0 saturated heterocycles. The number of furan rings is 1. The number of methoxy groups -OCH3 is 1. The van der Waals surface area contributed by atoms with Gasteiger partial charge in [0.05, 0.1) is 6.61 Å². The Morgan fingerprint density at radius 3 is 2.50 bits per heavy atom. The molecule has 1 heterocycles. The van der Waals surface area contributed by atoms with Crippen LogP contribution in [0.25, 0.3) is 11.0 Å². The quantitative estimate of drug-likeness (QED) is 0.617. The first-order chi connectivity index (χ1) is 13.5. The van der Waals surface area contributed by atoms with Gasteiger partial charge in [0.15, 0.2) is 6.10 Å². The third-order valence-electron chi connectivity index (χ3n) is 4.46. The molecule has 0 fully saturated rings. The minimum Gasteiger partial charge on any atom is -0.449 e. The SMILES string of the molecule is CCc1ccc(NC(=O)[C@@H](C)OC(=O)c2oc3ccccc3c2COC)cc1. The van der Waals surface area contributed by atoms with Crippen LogP contribution in [0, 0.1) is 0 Å². The molecule has 3 aromatic rings. The maximum Gasteiger partial charge on any atom is 0.375 e. The molecular formula is C22H23NO5.